The van der Waals surface area contributed by atoms with E-state index in [0.717, 1.165) is 16.3 Å². The molecule has 30 heavy (non-hydrogen) atoms. The standard InChI is InChI=1S/C20H15BrF2N4O2S/c1-11-4-3-5-15(22)14(11)9-26-10-24-27(20(26)28)13-6-7-17(16(23)8-13)29-18-12(2)25-19(21)30-18/h3-8,10H,9H2,1-2H3. The van der Waals surface area contributed by atoms with Gasteiger partial charge in [-0.25, -0.2) is 18.6 Å². The van der Waals surface area contributed by atoms with E-state index in [4.69, 9.17) is 4.74 Å². The molecule has 2 aromatic heterocycles. The minimum atomic E-state index is -0.650. The number of ether oxygens (including phenoxy) is 1. The van der Waals surface area contributed by atoms with E-state index in [-0.39, 0.29) is 18.0 Å². The summed E-state index contributed by atoms with van der Waals surface area (Å²) in [4.78, 5) is 16.9. The Balaban J connectivity index is 1.61. The Morgan fingerprint density at radius 1 is 1.17 bits per heavy atom. The fraction of sp³-hybridized carbons (Fsp3) is 0.150. The van der Waals surface area contributed by atoms with Crippen LogP contribution in [0.2, 0.25) is 0 Å². The predicted molar refractivity (Wildman–Crippen MR) is 113 cm³/mol. The van der Waals surface area contributed by atoms with Crippen LogP contribution in [0.15, 0.2) is 51.4 Å². The van der Waals surface area contributed by atoms with Crippen molar-refractivity contribution in [3.05, 3.63) is 85.6 Å². The zero-order chi connectivity index (χ0) is 21.4. The van der Waals surface area contributed by atoms with Crippen LogP contribution < -0.4 is 10.4 Å². The zero-order valence-corrected chi connectivity index (χ0v) is 18.3. The summed E-state index contributed by atoms with van der Waals surface area (Å²) >= 11 is 4.50. The minimum absolute atomic E-state index is 0.00691. The lowest BCUT2D eigenvalue weighted by molar-refractivity contribution is 0.448. The monoisotopic (exact) mass is 492 g/mol. The fourth-order valence-electron chi connectivity index (χ4n) is 2.91. The molecule has 0 N–H and O–H groups in total. The third-order valence-electron chi connectivity index (χ3n) is 4.51. The van der Waals surface area contributed by atoms with Crippen molar-refractivity contribution in [2.75, 3.05) is 0 Å². The molecule has 0 aliphatic carbocycles. The maximum atomic E-state index is 14.6. The lowest BCUT2D eigenvalue weighted by atomic mass is 10.1. The quantitative estimate of drug-likeness (QED) is 0.393. The Bertz CT molecular complexity index is 1280. The largest absolute Gasteiger partial charge is 0.442 e. The van der Waals surface area contributed by atoms with Crippen molar-refractivity contribution in [1.29, 1.82) is 0 Å². The van der Waals surface area contributed by atoms with Gasteiger partial charge in [-0.3, -0.25) is 4.57 Å². The maximum absolute atomic E-state index is 14.6. The molecule has 0 aliphatic heterocycles. The number of benzene rings is 2. The third kappa shape index (κ3) is 3.92. The second-order valence-electron chi connectivity index (χ2n) is 6.54. The molecule has 0 radical (unpaired) electrons. The summed E-state index contributed by atoms with van der Waals surface area (Å²) in [5, 5.41) is 4.50. The van der Waals surface area contributed by atoms with Crippen LogP contribution in [-0.4, -0.2) is 19.3 Å². The topological polar surface area (TPSA) is 61.9 Å². The van der Waals surface area contributed by atoms with Gasteiger partial charge in [0.15, 0.2) is 15.5 Å². The Morgan fingerprint density at radius 3 is 2.63 bits per heavy atom. The molecule has 0 bridgehead atoms. The minimum Gasteiger partial charge on any atom is -0.442 e. The van der Waals surface area contributed by atoms with Gasteiger partial charge in [-0.05, 0) is 53.5 Å². The Hall–Kier alpha value is -2.85. The van der Waals surface area contributed by atoms with Crippen LogP contribution in [0.4, 0.5) is 8.78 Å². The summed E-state index contributed by atoms with van der Waals surface area (Å²) in [5.74, 6) is -1.04. The first kappa shape index (κ1) is 20.4. The highest BCUT2D eigenvalue weighted by Gasteiger charge is 2.15. The van der Waals surface area contributed by atoms with Crippen LogP contribution in [-0.2, 0) is 6.54 Å². The number of aryl methyl sites for hydroxylation is 2. The molecule has 0 fully saturated rings. The van der Waals surface area contributed by atoms with E-state index in [1.165, 1.54) is 40.4 Å². The Kier molecular flexibility index (Phi) is 5.52. The smallest absolute Gasteiger partial charge is 0.350 e. The first-order chi connectivity index (χ1) is 14.3. The molecule has 2 heterocycles. The molecule has 0 aliphatic rings. The SMILES string of the molecule is Cc1cccc(F)c1Cn1cnn(-c2ccc(Oc3sc(Br)nc3C)c(F)c2)c1=O. The van der Waals surface area contributed by atoms with Crippen molar-refractivity contribution >= 4 is 27.3 Å². The lowest BCUT2D eigenvalue weighted by Crippen LogP contribution is -2.24. The molecule has 2 aromatic carbocycles. The number of halogens is 3. The Labute approximate surface area is 182 Å². The molecular weight excluding hydrogens is 478 g/mol. The van der Waals surface area contributed by atoms with Gasteiger partial charge in [0, 0.05) is 11.6 Å². The molecule has 0 unspecified atom stereocenters. The number of aromatic nitrogens is 4. The summed E-state index contributed by atoms with van der Waals surface area (Å²) < 4.78 is 37.2. The number of hydrogen-bond acceptors (Lipinski definition) is 5. The average molecular weight is 493 g/mol. The summed E-state index contributed by atoms with van der Waals surface area (Å²) in [6.45, 7) is 3.55. The molecule has 6 nitrogen and oxygen atoms in total. The fourth-order valence-corrected chi connectivity index (χ4v) is 4.27. The van der Waals surface area contributed by atoms with Gasteiger partial charge in [-0.1, -0.05) is 23.5 Å². The van der Waals surface area contributed by atoms with E-state index in [9.17, 15) is 13.6 Å². The van der Waals surface area contributed by atoms with E-state index in [1.807, 2.05) is 0 Å². The summed E-state index contributed by atoms with van der Waals surface area (Å²) in [5.41, 5.74) is 1.49. The molecule has 4 aromatic rings. The van der Waals surface area contributed by atoms with Gasteiger partial charge >= 0.3 is 5.69 Å². The van der Waals surface area contributed by atoms with E-state index in [0.29, 0.717) is 20.2 Å². The van der Waals surface area contributed by atoms with Gasteiger partial charge in [0.2, 0.25) is 5.06 Å². The number of hydrogen-bond donors (Lipinski definition) is 0. The van der Waals surface area contributed by atoms with Crippen LogP contribution in [0, 0.1) is 25.5 Å². The van der Waals surface area contributed by atoms with Gasteiger partial charge < -0.3 is 4.74 Å². The normalized spacial score (nSPS) is 11.1. The average Bonchev–Trinajstić information content (AvgIpc) is 3.21. The van der Waals surface area contributed by atoms with Crippen molar-refractivity contribution in [3.63, 3.8) is 0 Å². The molecule has 0 amide bonds. The second kappa shape index (κ2) is 8.11. The van der Waals surface area contributed by atoms with E-state index < -0.39 is 17.3 Å². The first-order valence-electron chi connectivity index (χ1n) is 8.82. The lowest BCUT2D eigenvalue weighted by Gasteiger charge is -2.08. The molecule has 0 saturated carbocycles. The van der Waals surface area contributed by atoms with Crippen LogP contribution in [0.25, 0.3) is 5.69 Å². The highest BCUT2D eigenvalue weighted by molar-refractivity contribution is 9.11. The van der Waals surface area contributed by atoms with Crippen molar-refractivity contribution in [3.8, 4) is 16.5 Å². The molecule has 154 valence electrons. The van der Waals surface area contributed by atoms with E-state index >= 15 is 0 Å². The predicted octanol–water partition coefficient (Wildman–Crippen LogP) is 4.99. The van der Waals surface area contributed by atoms with Crippen LogP contribution >= 0.6 is 27.3 Å². The number of thiazole rings is 1. The Morgan fingerprint density at radius 2 is 1.97 bits per heavy atom. The van der Waals surface area contributed by atoms with Crippen molar-refractivity contribution in [2.24, 2.45) is 0 Å². The maximum Gasteiger partial charge on any atom is 0.350 e. The van der Waals surface area contributed by atoms with Crippen LogP contribution in [0.3, 0.4) is 0 Å². The molecular formula is C20H15BrF2N4O2S. The zero-order valence-electron chi connectivity index (χ0n) is 15.9. The highest BCUT2D eigenvalue weighted by atomic mass is 79.9. The summed E-state index contributed by atoms with van der Waals surface area (Å²) in [6, 6.07) is 8.83. The molecule has 0 saturated heterocycles. The van der Waals surface area contributed by atoms with Crippen molar-refractivity contribution < 1.29 is 13.5 Å². The van der Waals surface area contributed by atoms with Crippen LogP contribution in [0.1, 0.15) is 16.8 Å². The molecule has 4 rings (SSSR count). The highest BCUT2D eigenvalue weighted by Crippen LogP contribution is 2.35. The van der Waals surface area contributed by atoms with E-state index in [2.05, 4.69) is 26.0 Å². The van der Waals surface area contributed by atoms with Gasteiger partial charge in [0.1, 0.15) is 12.1 Å². The van der Waals surface area contributed by atoms with Gasteiger partial charge in [0.05, 0.1) is 17.9 Å². The number of rotatable bonds is 5. The summed E-state index contributed by atoms with van der Waals surface area (Å²) in [6.07, 6.45) is 1.30. The second-order valence-corrected chi connectivity index (χ2v) is 8.78. The van der Waals surface area contributed by atoms with Crippen molar-refractivity contribution in [2.45, 2.75) is 20.4 Å². The number of nitrogens with zero attached hydrogens (tertiary/aromatic N) is 4. The van der Waals surface area contributed by atoms with Crippen LogP contribution in [0.5, 0.6) is 10.8 Å². The third-order valence-corrected chi connectivity index (χ3v) is 5.99. The molecule has 0 atom stereocenters. The van der Waals surface area contributed by atoms with Gasteiger partial charge in [0.25, 0.3) is 0 Å². The molecule has 0 spiro atoms. The van der Waals surface area contributed by atoms with Gasteiger partial charge in [-0.15, -0.1) is 0 Å². The van der Waals surface area contributed by atoms with Gasteiger partial charge in [-0.2, -0.15) is 9.78 Å². The first-order valence-corrected chi connectivity index (χ1v) is 10.4. The molecule has 10 heteroatoms. The van der Waals surface area contributed by atoms with E-state index in [1.54, 1.807) is 26.0 Å². The summed E-state index contributed by atoms with van der Waals surface area (Å²) in [7, 11) is 0. The van der Waals surface area contributed by atoms with Crippen molar-refractivity contribution in [1.82, 2.24) is 19.3 Å².